The molecule has 0 bridgehead atoms. The average Bonchev–Trinajstić information content (AvgIpc) is 2.90. The van der Waals surface area contributed by atoms with E-state index in [4.69, 9.17) is 0 Å². The molecule has 1 amide bonds. The van der Waals surface area contributed by atoms with E-state index in [2.05, 4.69) is 10.6 Å². The Morgan fingerprint density at radius 1 is 1.40 bits per heavy atom. The van der Waals surface area contributed by atoms with E-state index in [-0.39, 0.29) is 24.1 Å². The van der Waals surface area contributed by atoms with Crippen molar-refractivity contribution in [2.75, 3.05) is 6.54 Å². The fraction of sp³-hybridized carbons (Fsp3) is 0.462. The van der Waals surface area contributed by atoms with Gasteiger partial charge in [-0.25, -0.2) is 4.39 Å². The van der Waals surface area contributed by atoms with E-state index >= 15 is 0 Å². The molecule has 1 aromatic carbocycles. The lowest BCUT2D eigenvalue weighted by molar-refractivity contribution is -0.140. The summed E-state index contributed by atoms with van der Waals surface area (Å²) in [5, 5.41) is 5.53. The van der Waals surface area contributed by atoms with Crippen molar-refractivity contribution >= 4 is 5.91 Å². The zero-order chi connectivity index (χ0) is 14.8. The van der Waals surface area contributed by atoms with Crippen LogP contribution >= 0.6 is 0 Å². The van der Waals surface area contributed by atoms with Crippen LogP contribution < -0.4 is 10.6 Å². The second-order valence-electron chi connectivity index (χ2n) is 4.68. The minimum absolute atomic E-state index is 0.0552. The molecule has 0 saturated carbocycles. The highest BCUT2D eigenvalue weighted by Gasteiger charge is 2.34. The number of carbonyl (C=O) groups excluding carboxylic acids is 1. The molecule has 1 heterocycles. The smallest absolute Gasteiger partial charge is 0.351 e. The zero-order valence-corrected chi connectivity index (χ0v) is 10.6. The molecule has 0 radical (unpaired) electrons. The maximum absolute atomic E-state index is 13.1. The Morgan fingerprint density at radius 3 is 2.75 bits per heavy atom. The molecule has 2 rings (SSSR count). The van der Waals surface area contributed by atoms with E-state index in [0.717, 1.165) is 25.1 Å². The number of halogens is 4. The highest BCUT2D eigenvalue weighted by molar-refractivity contribution is 5.81. The number of carbonyl (C=O) groups is 1. The topological polar surface area (TPSA) is 41.1 Å². The molecule has 1 atom stereocenters. The van der Waals surface area contributed by atoms with Crippen molar-refractivity contribution in [3.63, 3.8) is 0 Å². The zero-order valence-electron chi connectivity index (χ0n) is 10.6. The molecular formula is C13H14F4N2O. The molecule has 1 aliphatic heterocycles. The second kappa shape index (κ2) is 5.78. The quantitative estimate of drug-likeness (QED) is 0.838. The Bertz CT molecular complexity index is 496. The molecule has 2 N–H and O–H groups in total. The molecule has 0 aliphatic carbocycles. The van der Waals surface area contributed by atoms with Crippen LogP contribution in [0.15, 0.2) is 18.2 Å². The molecule has 20 heavy (non-hydrogen) atoms. The van der Waals surface area contributed by atoms with Gasteiger partial charge in [0.2, 0.25) is 5.91 Å². The minimum atomic E-state index is -4.74. The summed E-state index contributed by atoms with van der Waals surface area (Å²) in [5.41, 5.74) is -1.10. The maximum Gasteiger partial charge on any atom is 0.419 e. The van der Waals surface area contributed by atoms with Crippen LogP contribution in [0.3, 0.4) is 0 Å². The SMILES string of the molecule is O=C(NCc1ccc(F)c(C(F)(F)F)c1)C1CCCN1. The number of amides is 1. The van der Waals surface area contributed by atoms with Crippen molar-refractivity contribution in [1.82, 2.24) is 10.6 Å². The first-order chi connectivity index (χ1) is 9.38. The van der Waals surface area contributed by atoms with Crippen molar-refractivity contribution in [1.29, 1.82) is 0 Å². The first-order valence-electron chi connectivity index (χ1n) is 6.24. The van der Waals surface area contributed by atoms with Gasteiger partial charge in [-0.3, -0.25) is 4.79 Å². The fourth-order valence-corrected chi connectivity index (χ4v) is 2.12. The van der Waals surface area contributed by atoms with E-state index in [0.29, 0.717) is 6.42 Å². The van der Waals surface area contributed by atoms with Crippen molar-refractivity contribution in [2.45, 2.75) is 31.6 Å². The molecule has 1 aromatic rings. The van der Waals surface area contributed by atoms with Gasteiger partial charge in [0.05, 0.1) is 11.6 Å². The Kier molecular flexibility index (Phi) is 4.27. The fourth-order valence-electron chi connectivity index (χ4n) is 2.12. The van der Waals surface area contributed by atoms with Crippen LogP contribution in [0.4, 0.5) is 17.6 Å². The van der Waals surface area contributed by atoms with Crippen LogP contribution in [-0.2, 0) is 17.5 Å². The molecule has 1 aliphatic rings. The predicted molar refractivity (Wildman–Crippen MR) is 64.3 cm³/mol. The normalized spacial score (nSPS) is 19.1. The summed E-state index contributed by atoms with van der Waals surface area (Å²) < 4.78 is 50.7. The molecule has 0 spiro atoms. The van der Waals surface area contributed by atoms with E-state index in [1.807, 2.05) is 0 Å². The Morgan fingerprint density at radius 2 is 2.15 bits per heavy atom. The van der Waals surface area contributed by atoms with Crippen LogP contribution in [0, 0.1) is 5.82 Å². The van der Waals surface area contributed by atoms with Gasteiger partial charge >= 0.3 is 6.18 Å². The minimum Gasteiger partial charge on any atom is -0.351 e. The van der Waals surface area contributed by atoms with Crippen molar-refractivity contribution in [2.24, 2.45) is 0 Å². The van der Waals surface area contributed by atoms with E-state index in [1.54, 1.807) is 0 Å². The van der Waals surface area contributed by atoms with Crippen molar-refractivity contribution in [3.8, 4) is 0 Å². The van der Waals surface area contributed by atoms with E-state index < -0.39 is 17.6 Å². The van der Waals surface area contributed by atoms with Crippen LogP contribution in [0.2, 0.25) is 0 Å². The summed E-state index contributed by atoms with van der Waals surface area (Å²) in [5.74, 6) is -1.56. The third kappa shape index (κ3) is 3.47. The van der Waals surface area contributed by atoms with Crippen molar-refractivity contribution in [3.05, 3.63) is 35.1 Å². The van der Waals surface area contributed by atoms with Crippen LogP contribution in [0.1, 0.15) is 24.0 Å². The second-order valence-corrected chi connectivity index (χ2v) is 4.68. The monoisotopic (exact) mass is 290 g/mol. The standard InChI is InChI=1S/C13H14F4N2O/c14-10-4-3-8(6-9(10)13(15,16)17)7-19-12(20)11-2-1-5-18-11/h3-4,6,11,18H,1-2,5,7H2,(H,19,20). The summed E-state index contributed by atoms with van der Waals surface area (Å²) in [6.07, 6.45) is -3.13. The van der Waals surface area contributed by atoms with Gasteiger partial charge in [-0.1, -0.05) is 6.07 Å². The van der Waals surface area contributed by atoms with Gasteiger partial charge in [0, 0.05) is 6.54 Å². The molecule has 1 fully saturated rings. The Balaban J connectivity index is 2.01. The number of nitrogens with one attached hydrogen (secondary N) is 2. The summed E-state index contributed by atoms with van der Waals surface area (Å²) in [6, 6.07) is 2.42. The van der Waals surface area contributed by atoms with Crippen molar-refractivity contribution < 1.29 is 22.4 Å². The molecule has 110 valence electrons. The number of benzene rings is 1. The first-order valence-corrected chi connectivity index (χ1v) is 6.24. The average molecular weight is 290 g/mol. The molecular weight excluding hydrogens is 276 g/mol. The largest absolute Gasteiger partial charge is 0.419 e. The molecule has 7 heteroatoms. The maximum atomic E-state index is 13.1. The van der Waals surface area contributed by atoms with Crippen LogP contribution in [-0.4, -0.2) is 18.5 Å². The lowest BCUT2D eigenvalue weighted by Gasteiger charge is -2.13. The number of hydrogen-bond acceptors (Lipinski definition) is 2. The summed E-state index contributed by atoms with van der Waals surface area (Å²) in [4.78, 5) is 11.7. The number of hydrogen-bond donors (Lipinski definition) is 2. The van der Waals surface area contributed by atoms with Gasteiger partial charge in [0.15, 0.2) is 0 Å². The van der Waals surface area contributed by atoms with Gasteiger partial charge in [-0.2, -0.15) is 13.2 Å². The Labute approximate surface area is 113 Å². The van der Waals surface area contributed by atoms with Gasteiger partial charge < -0.3 is 10.6 Å². The van der Waals surface area contributed by atoms with Gasteiger partial charge in [0.25, 0.3) is 0 Å². The number of alkyl halides is 3. The first kappa shape index (κ1) is 14.8. The summed E-state index contributed by atoms with van der Waals surface area (Å²) in [6.45, 7) is 0.702. The lowest BCUT2D eigenvalue weighted by Crippen LogP contribution is -2.40. The van der Waals surface area contributed by atoms with Crippen LogP contribution in [0.25, 0.3) is 0 Å². The lowest BCUT2D eigenvalue weighted by atomic mass is 10.1. The van der Waals surface area contributed by atoms with E-state index in [9.17, 15) is 22.4 Å². The van der Waals surface area contributed by atoms with Gasteiger partial charge in [0.1, 0.15) is 5.82 Å². The molecule has 3 nitrogen and oxygen atoms in total. The summed E-state index contributed by atoms with van der Waals surface area (Å²) >= 11 is 0. The summed E-state index contributed by atoms with van der Waals surface area (Å²) in [7, 11) is 0. The van der Waals surface area contributed by atoms with Gasteiger partial charge in [-0.05, 0) is 37.1 Å². The third-order valence-electron chi connectivity index (χ3n) is 3.18. The Hall–Kier alpha value is -1.63. The molecule has 0 aromatic heterocycles. The number of rotatable bonds is 3. The molecule has 1 saturated heterocycles. The van der Waals surface area contributed by atoms with E-state index in [1.165, 1.54) is 6.07 Å². The highest BCUT2D eigenvalue weighted by atomic mass is 19.4. The van der Waals surface area contributed by atoms with Gasteiger partial charge in [-0.15, -0.1) is 0 Å². The third-order valence-corrected chi connectivity index (χ3v) is 3.18. The van der Waals surface area contributed by atoms with Crippen LogP contribution in [0.5, 0.6) is 0 Å². The predicted octanol–water partition coefficient (Wildman–Crippen LogP) is 2.21. The molecule has 1 unspecified atom stereocenters. The highest BCUT2D eigenvalue weighted by Crippen LogP contribution is 2.31.